The first-order valence-electron chi connectivity index (χ1n) is 6.78. The molecule has 1 N–H and O–H groups in total. The van der Waals surface area contributed by atoms with Crippen molar-refractivity contribution in [2.45, 2.75) is 26.8 Å². The molecule has 0 radical (unpaired) electrons. The van der Waals surface area contributed by atoms with Gasteiger partial charge < -0.3 is 9.88 Å². The lowest BCUT2D eigenvalue weighted by atomic mass is 10.2. The van der Waals surface area contributed by atoms with Crippen LogP contribution in [0.2, 0.25) is 5.15 Å². The third kappa shape index (κ3) is 3.01. The van der Waals surface area contributed by atoms with Gasteiger partial charge in [0, 0.05) is 30.4 Å². The van der Waals surface area contributed by atoms with Crippen LogP contribution in [0.5, 0.6) is 0 Å². The highest BCUT2D eigenvalue weighted by atomic mass is 35.5. The number of rotatable bonds is 5. The summed E-state index contributed by atoms with van der Waals surface area (Å²) in [5.74, 6) is 0.597. The number of hydrogen-bond acceptors (Lipinski definition) is 5. The Morgan fingerprint density at radius 1 is 1.33 bits per heavy atom. The second-order valence-corrected chi connectivity index (χ2v) is 6.44. The van der Waals surface area contributed by atoms with Crippen molar-refractivity contribution in [1.82, 2.24) is 19.5 Å². The van der Waals surface area contributed by atoms with Gasteiger partial charge in [-0.25, -0.2) is 15.0 Å². The maximum absolute atomic E-state index is 6.28. The van der Waals surface area contributed by atoms with E-state index in [0.29, 0.717) is 11.1 Å². The summed E-state index contributed by atoms with van der Waals surface area (Å²) < 4.78 is 2.05. The predicted octanol–water partition coefficient (Wildman–Crippen LogP) is 3.66. The fourth-order valence-electron chi connectivity index (χ4n) is 2.16. The standard InChI is InChI=1S/C14H16ClN5S/c1-9-10(2)21-13-11(9)12(15)18-14(19-13)17-4-3-6-20-7-5-16-8-20/h5,7-8H,3-4,6H2,1-2H3,(H,17,18,19). The van der Waals surface area contributed by atoms with Gasteiger partial charge in [0.1, 0.15) is 9.98 Å². The minimum atomic E-state index is 0.527. The van der Waals surface area contributed by atoms with Gasteiger partial charge in [0.2, 0.25) is 5.95 Å². The third-order valence-corrected chi connectivity index (χ3v) is 4.79. The first-order valence-corrected chi connectivity index (χ1v) is 7.97. The number of halogens is 1. The van der Waals surface area contributed by atoms with E-state index in [-0.39, 0.29) is 0 Å². The van der Waals surface area contributed by atoms with E-state index in [9.17, 15) is 0 Å². The number of nitrogens with zero attached hydrogens (tertiary/aromatic N) is 4. The van der Waals surface area contributed by atoms with Crippen LogP contribution in [0.25, 0.3) is 10.2 Å². The maximum atomic E-state index is 6.28. The molecular weight excluding hydrogens is 306 g/mol. The highest BCUT2D eigenvalue weighted by molar-refractivity contribution is 7.18. The Hall–Kier alpha value is -1.66. The van der Waals surface area contributed by atoms with Gasteiger partial charge in [-0.2, -0.15) is 0 Å². The van der Waals surface area contributed by atoms with Crippen LogP contribution in [0.15, 0.2) is 18.7 Å². The number of thiophene rings is 1. The maximum Gasteiger partial charge on any atom is 0.225 e. The van der Waals surface area contributed by atoms with E-state index in [1.165, 1.54) is 10.4 Å². The molecule has 5 nitrogen and oxygen atoms in total. The third-order valence-electron chi connectivity index (χ3n) is 3.42. The number of hydrogen-bond donors (Lipinski definition) is 1. The van der Waals surface area contributed by atoms with Gasteiger partial charge >= 0.3 is 0 Å². The number of anilines is 1. The fraction of sp³-hybridized carbons (Fsp3) is 0.357. The van der Waals surface area contributed by atoms with Crippen LogP contribution in [0.4, 0.5) is 5.95 Å². The van der Waals surface area contributed by atoms with Gasteiger partial charge in [-0.05, 0) is 25.8 Å². The van der Waals surface area contributed by atoms with Gasteiger partial charge in [0.25, 0.3) is 0 Å². The number of imidazole rings is 1. The average Bonchev–Trinajstić information content (AvgIpc) is 3.04. The quantitative estimate of drug-likeness (QED) is 0.575. The monoisotopic (exact) mass is 321 g/mol. The van der Waals surface area contributed by atoms with E-state index in [2.05, 4.69) is 34.1 Å². The number of fused-ring (bicyclic) bond motifs is 1. The Kier molecular flexibility index (Phi) is 4.07. The Labute approximate surface area is 132 Å². The molecule has 7 heteroatoms. The lowest BCUT2D eigenvalue weighted by Crippen LogP contribution is -2.08. The van der Waals surface area contributed by atoms with Gasteiger partial charge in [0.05, 0.1) is 11.7 Å². The highest BCUT2D eigenvalue weighted by Crippen LogP contribution is 2.33. The van der Waals surface area contributed by atoms with Crippen molar-refractivity contribution in [2.75, 3.05) is 11.9 Å². The molecule has 21 heavy (non-hydrogen) atoms. The van der Waals surface area contributed by atoms with Crippen LogP contribution < -0.4 is 5.32 Å². The van der Waals surface area contributed by atoms with Crippen LogP contribution in [-0.2, 0) is 6.54 Å². The molecular formula is C14H16ClN5S. The van der Waals surface area contributed by atoms with Crippen LogP contribution >= 0.6 is 22.9 Å². The lowest BCUT2D eigenvalue weighted by Gasteiger charge is -2.06. The molecule has 0 atom stereocenters. The molecule has 3 aromatic rings. The topological polar surface area (TPSA) is 55.6 Å². The van der Waals surface area contributed by atoms with Crippen molar-refractivity contribution < 1.29 is 0 Å². The van der Waals surface area contributed by atoms with Crippen LogP contribution in [0.3, 0.4) is 0 Å². The van der Waals surface area contributed by atoms with Gasteiger partial charge in [-0.3, -0.25) is 0 Å². The van der Waals surface area contributed by atoms with Crippen molar-refractivity contribution in [3.63, 3.8) is 0 Å². The number of aromatic nitrogens is 4. The van der Waals surface area contributed by atoms with E-state index in [4.69, 9.17) is 11.6 Å². The summed E-state index contributed by atoms with van der Waals surface area (Å²) in [4.78, 5) is 15.1. The summed E-state index contributed by atoms with van der Waals surface area (Å²) in [5, 5.41) is 4.74. The summed E-state index contributed by atoms with van der Waals surface area (Å²) >= 11 is 7.93. The smallest absolute Gasteiger partial charge is 0.225 e. The molecule has 0 amide bonds. The molecule has 0 bridgehead atoms. The summed E-state index contributed by atoms with van der Waals surface area (Å²) in [5.41, 5.74) is 1.17. The molecule has 3 rings (SSSR count). The van der Waals surface area contributed by atoms with E-state index in [1.54, 1.807) is 17.5 Å². The van der Waals surface area contributed by atoms with E-state index in [1.807, 2.05) is 17.1 Å². The highest BCUT2D eigenvalue weighted by Gasteiger charge is 2.12. The zero-order valence-corrected chi connectivity index (χ0v) is 13.5. The van der Waals surface area contributed by atoms with Crippen molar-refractivity contribution in [3.05, 3.63) is 34.3 Å². The first-order chi connectivity index (χ1) is 10.1. The molecule has 0 spiro atoms. The van der Waals surface area contributed by atoms with Crippen molar-refractivity contribution in [1.29, 1.82) is 0 Å². The molecule has 0 fully saturated rings. The zero-order valence-electron chi connectivity index (χ0n) is 11.9. The molecule has 0 aliphatic heterocycles. The Morgan fingerprint density at radius 3 is 2.95 bits per heavy atom. The average molecular weight is 322 g/mol. The Bertz CT molecular complexity index is 750. The lowest BCUT2D eigenvalue weighted by molar-refractivity contribution is 0.659. The van der Waals surface area contributed by atoms with Gasteiger partial charge in [0.15, 0.2) is 0 Å². The van der Waals surface area contributed by atoms with Crippen molar-refractivity contribution in [3.8, 4) is 0 Å². The molecule has 0 saturated carbocycles. The largest absolute Gasteiger partial charge is 0.354 e. The molecule has 0 aliphatic rings. The van der Waals surface area contributed by atoms with Crippen LogP contribution in [0.1, 0.15) is 16.9 Å². The van der Waals surface area contributed by atoms with Crippen molar-refractivity contribution in [2.24, 2.45) is 0 Å². The second-order valence-electron chi connectivity index (χ2n) is 4.88. The first kappa shape index (κ1) is 14.3. The normalized spacial score (nSPS) is 11.2. The van der Waals surface area contributed by atoms with Crippen LogP contribution in [0, 0.1) is 13.8 Å². The zero-order chi connectivity index (χ0) is 14.8. The summed E-state index contributed by atoms with van der Waals surface area (Å²) in [6.07, 6.45) is 6.52. The fourth-order valence-corrected chi connectivity index (χ4v) is 3.56. The molecule has 3 aromatic heterocycles. The summed E-state index contributed by atoms with van der Waals surface area (Å²) in [7, 11) is 0. The molecule has 0 aliphatic carbocycles. The minimum absolute atomic E-state index is 0.527. The van der Waals surface area contributed by atoms with E-state index < -0.39 is 0 Å². The molecule has 110 valence electrons. The summed E-state index contributed by atoms with van der Waals surface area (Å²) in [6, 6.07) is 0. The SMILES string of the molecule is Cc1sc2nc(NCCCn3ccnc3)nc(Cl)c2c1C. The van der Waals surface area contributed by atoms with Crippen molar-refractivity contribution >= 4 is 39.1 Å². The number of nitrogens with one attached hydrogen (secondary N) is 1. The molecule has 0 unspecified atom stereocenters. The molecule has 0 aromatic carbocycles. The predicted molar refractivity (Wildman–Crippen MR) is 87.2 cm³/mol. The Morgan fingerprint density at radius 2 is 2.19 bits per heavy atom. The van der Waals surface area contributed by atoms with Gasteiger partial charge in [-0.15, -0.1) is 11.3 Å². The minimum Gasteiger partial charge on any atom is -0.354 e. The molecule has 0 saturated heterocycles. The van der Waals surface area contributed by atoms with Crippen LogP contribution in [-0.4, -0.2) is 26.1 Å². The molecule has 3 heterocycles. The van der Waals surface area contributed by atoms with Gasteiger partial charge in [-0.1, -0.05) is 11.6 Å². The second kappa shape index (κ2) is 5.99. The number of aryl methyl sites for hydroxylation is 3. The Balaban J connectivity index is 1.67. The van der Waals surface area contributed by atoms with E-state index >= 15 is 0 Å². The summed E-state index contributed by atoms with van der Waals surface area (Å²) in [6.45, 7) is 5.85. The van der Waals surface area contributed by atoms with E-state index in [0.717, 1.165) is 29.7 Å².